The summed E-state index contributed by atoms with van der Waals surface area (Å²) in [7, 11) is 3.60. The number of anilines is 1. The van der Waals surface area contributed by atoms with Gasteiger partial charge in [0.2, 0.25) is 0 Å². The van der Waals surface area contributed by atoms with Crippen molar-refractivity contribution in [2.45, 2.75) is 31.8 Å². The fraction of sp³-hybridized carbons (Fsp3) is 0.500. The van der Waals surface area contributed by atoms with Crippen LogP contribution in [0.2, 0.25) is 0 Å². The molecule has 0 spiro atoms. The number of rotatable bonds is 7. The molecule has 180 valence electrons. The molecule has 2 aliphatic heterocycles. The van der Waals surface area contributed by atoms with Crippen LogP contribution in [-0.2, 0) is 6.54 Å². The zero-order valence-corrected chi connectivity index (χ0v) is 22.2. The molecule has 6 nitrogen and oxygen atoms in total. The van der Waals surface area contributed by atoms with Gasteiger partial charge < -0.3 is 20.3 Å². The van der Waals surface area contributed by atoms with Crippen molar-refractivity contribution >= 4 is 35.6 Å². The monoisotopic (exact) mass is 563 g/mol. The van der Waals surface area contributed by atoms with Crippen molar-refractivity contribution < 1.29 is 4.74 Å². The molecule has 0 bridgehead atoms. The number of methoxy groups -OCH3 is 1. The predicted molar refractivity (Wildman–Crippen MR) is 148 cm³/mol. The molecule has 2 heterocycles. The second kappa shape index (κ2) is 13.0. The first-order chi connectivity index (χ1) is 15.7. The Kier molecular flexibility index (Phi) is 10.1. The summed E-state index contributed by atoms with van der Waals surface area (Å²) in [6.07, 6.45) is 3.50. The van der Waals surface area contributed by atoms with Crippen LogP contribution in [0.4, 0.5) is 5.69 Å². The molecule has 0 radical (unpaired) electrons. The van der Waals surface area contributed by atoms with E-state index in [1.165, 1.54) is 17.7 Å². The van der Waals surface area contributed by atoms with E-state index in [9.17, 15) is 0 Å². The molecule has 4 rings (SSSR count). The van der Waals surface area contributed by atoms with Crippen LogP contribution in [0.3, 0.4) is 0 Å². The Bertz CT molecular complexity index is 870. The zero-order chi connectivity index (χ0) is 22.2. The molecule has 1 atom stereocenters. The molecule has 7 heteroatoms. The first-order valence-electron chi connectivity index (χ1n) is 11.9. The number of nitrogens with zero attached hydrogens (tertiary/aromatic N) is 3. The van der Waals surface area contributed by atoms with Gasteiger partial charge in [0, 0.05) is 64.1 Å². The molecule has 2 aliphatic rings. The van der Waals surface area contributed by atoms with Crippen LogP contribution >= 0.6 is 24.0 Å². The molecule has 2 aromatic carbocycles. The summed E-state index contributed by atoms with van der Waals surface area (Å²) >= 11 is 0. The van der Waals surface area contributed by atoms with Gasteiger partial charge in [0.25, 0.3) is 0 Å². The molecule has 2 aromatic rings. The number of piperidine rings is 1. The third-order valence-electron chi connectivity index (χ3n) is 6.66. The van der Waals surface area contributed by atoms with Gasteiger partial charge in [0.1, 0.15) is 5.75 Å². The number of hydrogen-bond acceptors (Lipinski definition) is 4. The third kappa shape index (κ3) is 7.50. The summed E-state index contributed by atoms with van der Waals surface area (Å²) in [6, 6.07) is 19.6. The van der Waals surface area contributed by atoms with E-state index in [2.05, 4.69) is 74.0 Å². The van der Waals surface area contributed by atoms with Gasteiger partial charge >= 0.3 is 0 Å². The predicted octanol–water partition coefficient (Wildman–Crippen LogP) is 3.97. The molecule has 0 saturated carbocycles. The van der Waals surface area contributed by atoms with E-state index < -0.39 is 0 Å². The van der Waals surface area contributed by atoms with Crippen LogP contribution in [0.25, 0.3) is 0 Å². The molecule has 1 unspecified atom stereocenters. The number of halogens is 1. The molecular weight excluding hydrogens is 525 g/mol. The van der Waals surface area contributed by atoms with Crippen molar-refractivity contribution in [1.82, 2.24) is 15.5 Å². The molecule has 2 saturated heterocycles. The number of likely N-dealkylation sites (tertiary alicyclic amines) is 1. The van der Waals surface area contributed by atoms with E-state index in [1.807, 2.05) is 13.1 Å². The average molecular weight is 564 g/mol. The lowest BCUT2D eigenvalue weighted by molar-refractivity contribution is 0.198. The van der Waals surface area contributed by atoms with E-state index in [0.717, 1.165) is 63.8 Å². The lowest BCUT2D eigenvalue weighted by Crippen LogP contribution is -2.49. The zero-order valence-electron chi connectivity index (χ0n) is 19.9. The fourth-order valence-corrected chi connectivity index (χ4v) is 4.75. The van der Waals surface area contributed by atoms with Gasteiger partial charge in [-0.05, 0) is 42.9 Å². The highest BCUT2D eigenvalue weighted by Gasteiger charge is 2.24. The minimum Gasteiger partial charge on any atom is -0.497 e. The molecule has 2 fully saturated rings. The Labute approximate surface area is 215 Å². The van der Waals surface area contributed by atoms with Crippen LogP contribution in [0.15, 0.2) is 59.6 Å². The number of nitrogens with one attached hydrogen (secondary N) is 2. The van der Waals surface area contributed by atoms with Gasteiger partial charge in [-0.1, -0.05) is 36.4 Å². The van der Waals surface area contributed by atoms with Crippen molar-refractivity contribution in [3.63, 3.8) is 0 Å². The quantitative estimate of drug-likeness (QED) is 0.304. The van der Waals surface area contributed by atoms with Gasteiger partial charge in [-0.25, -0.2) is 0 Å². The van der Waals surface area contributed by atoms with Crippen LogP contribution < -0.4 is 20.3 Å². The van der Waals surface area contributed by atoms with Crippen molar-refractivity contribution in [2.24, 2.45) is 10.9 Å². The molecule has 0 aliphatic carbocycles. The van der Waals surface area contributed by atoms with Gasteiger partial charge in [0.15, 0.2) is 5.96 Å². The van der Waals surface area contributed by atoms with Crippen LogP contribution in [0.5, 0.6) is 5.75 Å². The molecular formula is C26H38IN5O. The maximum Gasteiger partial charge on any atom is 0.191 e. The van der Waals surface area contributed by atoms with Gasteiger partial charge in [-0.15, -0.1) is 24.0 Å². The Hall–Kier alpha value is -2.00. The molecule has 33 heavy (non-hydrogen) atoms. The summed E-state index contributed by atoms with van der Waals surface area (Å²) in [6.45, 7) is 6.41. The van der Waals surface area contributed by atoms with Crippen molar-refractivity contribution in [3.8, 4) is 5.75 Å². The van der Waals surface area contributed by atoms with E-state index in [4.69, 9.17) is 4.74 Å². The summed E-state index contributed by atoms with van der Waals surface area (Å²) in [5, 5.41) is 7.23. The Morgan fingerprint density at radius 1 is 1.03 bits per heavy atom. The second-order valence-electron chi connectivity index (χ2n) is 8.94. The summed E-state index contributed by atoms with van der Waals surface area (Å²) in [5.74, 6) is 2.47. The molecule has 2 N–H and O–H groups in total. The lowest BCUT2D eigenvalue weighted by atomic mass is 10.0. The van der Waals surface area contributed by atoms with E-state index in [-0.39, 0.29) is 24.0 Å². The number of ether oxygens (including phenoxy) is 1. The first-order valence-corrected chi connectivity index (χ1v) is 11.9. The highest BCUT2D eigenvalue weighted by atomic mass is 127. The van der Waals surface area contributed by atoms with Gasteiger partial charge in [0.05, 0.1) is 7.11 Å². The fourth-order valence-electron chi connectivity index (χ4n) is 4.75. The summed E-state index contributed by atoms with van der Waals surface area (Å²) < 4.78 is 5.38. The van der Waals surface area contributed by atoms with E-state index in [1.54, 1.807) is 7.11 Å². The third-order valence-corrected chi connectivity index (χ3v) is 6.66. The smallest absolute Gasteiger partial charge is 0.191 e. The highest BCUT2D eigenvalue weighted by Crippen LogP contribution is 2.26. The SMILES string of the molecule is CN=C(NCC1CCN(c2cccc(OC)c2)C1)NC1CCN(Cc2ccccc2)CC1.I. The van der Waals surface area contributed by atoms with Crippen molar-refractivity contribution in [2.75, 3.05) is 51.8 Å². The number of aliphatic imine (C=N–C) groups is 1. The largest absolute Gasteiger partial charge is 0.497 e. The average Bonchev–Trinajstić information content (AvgIpc) is 3.33. The minimum absolute atomic E-state index is 0. The van der Waals surface area contributed by atoms with Crippen molar-refractivity contribution in [3.05, 3.63) is 60.2 Å². The molecule has 0 aromatic heterocycles. The topological polar surface area (TPSA) is 52.1 Å². The minimum atomic E-state index is 0. The Morgan fingerprint density at radius 3 is 2.55 bits per heavy atom. The van der Waals surface area contributed by atoms with Crippen LogP contribution in [-0.4, -0.2) is 63.8 Å². The lowest BCUT2D eigenvalue weighted by Gasteiger charge is -2.33. The Balaban J connectivity index is 0.00000306. The second-order valence-corrected chi connectivity index (χ2v) is 8.94. The number of benzene rings is 2. The normalized spacial score (nSPS) is 19.8. The highest BCUT2D eigenvalue weighted by molar-refractivity contribution is 14.0. The van der Waals surface area contributed by atoms with E-state index in [0.29, 0.717) is 12.0 Å². The van der Waals surface area contributed by atoms with Gasteiger partial charge in [-0.3, -0.25) is 9.89 Å². The van der Waals surface area contributed by atoms with Crippen LogP contribution in [0, 0.1) is 5.92 Å². The Morgan fingerprint density at radius 2 is 1.82 bits per heavy atom. The van der Waals surface area contributed by atoms with Crippen LogP contribution in [0.1, 0.15) is 24.8 Å². The summed E-state index contributed by atoms with van der Waals surface area (Å²) in [5.41, 5.74) is 2.65. The standard InChI is InChI=1S/C26H37N5O.HI/c1-27-26(29-23-12-14-30(15-13-23)19-21-7-4-3-5-8-21)28-18-22-11-16-31(20-22)24-9-6-10-25(17-24)32-2;/h3-10,17,22-23H,11-16,18-20H2,1-2H3,(H2,27,28,29);1H. The molecule has 0 amide bonds. The van der Waals surface area contributed by atoms with E-state index >= 15 is 0 Å². The maximum absolute atomic E-state index is 5.38. The maximum atomic E-state index is 5.38. The number of hydrogen-bond donors (Lipinski definition) is 2. The van der Waals surface area contributed by atoms with Crippen molar-refractivity contribution in [1.29, 1.82) is 0 Å². The number of guanidine groups is 1. The summed E-state index contributed by atoms with van der Waals surface area (Å²) in [4.78, 5) is 9.48. The first kappa shape index (κ1) is 25.6. The van der Waals surface area contributed by atoms with Gasteiger partial charge in [-0.2, -0.15) is 0 Å².